The van der Waals surface area contributed by atoms with E-state index in [9.17, 15) is 9.18 Å². The summed E-state index contributed by atoms with van der Waals surface area (Å²) in [6.45, 7) is 4.21. The molecular weight excluding hydrogens is 209 g/mol. The summed E-state index contributed by atoms with van der Waals surface area (Å²) < 4.78 is 12.9. The van der Waals surface area contributed by atoms with Crippen LogP contribution in [0.3, 0.4) is 0 Å². The first-order chi connectivity index (χ1) is 7.40. The molecule has 0 radical (unpaired) electrons. The number of aromatic carboxylic acids is 1. The third-order valence-electron chi connectivity index (χ3n) is 3.06. The highest BCUT2D eigenvalue weighted by molar-refractivity contribution is 5.94. The second-order valence-corrected chi connectivity index (χ2v) is 4.88. The summed E-state index contributed by atoms with van der Waals surface area (Å²) in [7, 11) is 0. The van der Waals surface area contributed by atoms with Crippen molar-refractivity contribution >= 4 is 11.7 Å². The quantitative estimate of drug-likeness (QED) is 0.828. The Labute approximate surface area is 93.3 Å². The molecule has 16 heavy (non-hydrogen) atoms. The van der Waals surface area contributed by atoms with E-state index in [0.717, 1.165) is 12.5 Å². The minimum Gasteiger partial charge on any atom is -0.478 e. The van der Waals surface area contributed by atoms with Crippen molar-refractivity contribution in [2.45, 2.75) is 26.3 Å². The highest BCUT2D eigenvalue weighted by Crippen LogP contribution is 2.46. The number of hydrogen-bond donors (Lipinski definition) is 2. The zero-order chi connectivity index (χ0) is 11.9. The second-order valence-electron chi connectivity index (χ2n) is 4.88. The molecule has 0 aliphatic heterocycles. The van der Waals surface area contributed by atoms with Crippen molar-refractivity contribution in [1.82, 2.24) is 0 Å². The molecule has 1 aliphatic rings. The smallest absolute Gasteiger partial charge is 0.337 e. The lowest BCUT2D eigenvalue weighted by molar-refractivity contribution is 0.0697. The van der Waals surface area contributed by atoms with Crippen molar-refractivity contribution in [3.05, 3.63) is 29.6 Å². The maximum Gasteiger partial charge on any atom is 0.337 e. The van der Waals surface area contributed by atoms with Crippen LogP contribution in [0, 0.1) is 11.2 Å². The molecule has 0 saturated heterocycles. The van der Waals surface area contributed by atoms with Crippen molar-refractivity contribution in [2.75, 3.05) is 5.32 Å². The number of nitrogens with one attached hydrogen (secondary N) is 1. The Morgan fingerprint density at radius 2 is 2.19 bits per heavy atom. The van der Waals surface area contributed by atoms with E-state index < -0.39 is 11.8 Å². The molecule has 0 aromatic heterocycles. The number of rotatable bonds is 3. The summed E-state index contributed by atoms with van der Waals surface area (Å²) >= 11 is 0. The summed E-state index contributed by atoms with van der Waals surface area (Å²) in [6.07, 6.45) is 1.00. The van der Waals surface area contributed by atoms with Crippen LogP contribution in [-0.2, 0) is 0 Å². The van der Waals surface area contributed by atoms with Gasteiger partial charge in [-0.3, -0.25) is 0 Å². The zero-order valence-corrected chi connectivity index (χ0v) is 9.25. The van der Waals surface area contributed by atoms with Crippen LogP contribution in [0.1, 0.15) is 30.6 Å². The fourth-order valence-electron chi connectivity index (χ4n) is 1.72. The maximum absolute atomic E-state index is 12.9. The van der Waals surface area contributed by atoms with Crippen LogP contribution in [0.15, 0.2) is 18.2 Å². The number of carboxylic acids is 1. The van der Waals surface area contributed by atoms with Gasteiger partial charge in [0.05, 0.1) is 5.56 Å². The zero-order valence-electron chi connectivity index (χ0n) is 9.25. The number of carboxylic acid groups (broad SMARTS) is 1. The molecule has 0 spiro atoms. The standard InChI is InChI=1S/C12H14FNO2/c1-12(2)6-10(12)14-9-4-3-7(13)5-8(9)11(15)16/h3-5,10,14H,6H2,1-2H3,(H,15,16). The van der Waals surface area contributed by atoms with Crippen molar-refractivity contribution in [2.24, 2.45) is 5.41 Å². The van der Waals surface area contributed by atoms with Gasteiger partial charge < -0.3 is 10.4 Å². The Bertz CT molecular complexity index is 443. The molecule has 2 rings (SSSR count). The van der Waals surface area contributed by atoms with Crippen LogP contribution >= 0.6 is 0 Å². The van der Waals surface area contributed by atoms with E-state index in [4.69, 9.17) is 5.11 Å². The van der Waals surface area contributed by atoms with Gasteiger partial charge in [-0.25, -0.2) is 9.18 Å². The molecule has 1 saturated carbocycles. The van der Waals surface area contributed by atoms with E-state index in [1.54, 1.807) is 0 Å². The second kappa shape index (κ2) is 3.47. The number of benzene rings is 1. The molecule has 3 nitrogen and oxygen atoms in total. The van der Waals surface area contributed by atoms with Gasteiger partial charge in [0.1, 0.15) is 5.82 Å². The predicted molar refractivity (Wildman–Crippen MR) is 59.2 cm³/mol. The summed E-state index contributed by atoms with van der Waals surface area (Å²) in [5, 5.41) is 12.1. The molecule has 4 heteroatoms. The molecule has 1 fully saturated rings. The first kappa shape index (κ1) is 10.9. The van der Waals surface area contributed by atoms with Crippen LogP contribution in [0.5, 0.6) is 0 Å². The molecule has 1 aromatic carbocycles. The van der Waals surface area contributed by atoms with Gasteiger partial charge >= 0.3 is 5.97 Å². The molecule has 0 amide bonds. The summed E-state index contributed by atoms with van der Waals surface area (Å²) in [6, 6.07) is 4.06. The minimum atomic E-state index is -1.11. The van der Waals surface area contributed by atoms with Gasteiger partial charge in [-0.05, 0) is 30.0 Å². The van der Waals surface area contributed by atoms with Gasteiger partial charge in [-0.2, -0.15) is 0 Å². The highest BCUT2D eigenvalue weighted by Gasteiger charge is 2.45. The molecule has 1 aromatic rings. The average Bonchev–Trinajstić information content (AvgIpc) is 2.76. The molecule has 86 valence electrons. The third-order valence-corrected chi connectivity index (χ3v) is 3.06. The first-order valence-electron chi connectivity index (χ1n) is 5.19. The van der Waals surface area contributed by atoms with Crippen molar-refractivity contribution in [1.29, 1.82) is 0 Å². The fourth-order valence-corrected chi connectivity index (χ4v) is 1.72. The molecule has 0 heterocycles. The topological polar surface area (TPSA) is 49.3 Å². The first-order valence-corrected chi connectivity index (χ1v) is 5.19. The number of carbonyl (C=O) groups is 1. The molecule has 0 bridgehead atoms. The third kappa shape index (κ3) is 2.01. The molecule has 2 N–H and O–H groups in total. The average molecular weight is 223 g/mol. The molecule has 1 atom stereocenters. The van der Waals surface area contributed by atoms with E-state index >= 15 is 0 Å². The van der Waals surface area contributed by atoms with E-state index in [2.05, 4.69) is 19.2 Å². The molecule has 1 aliphatic carbocycles. The van der Waals surface area contributed by atoms with Gasteiger partial charge in [0, 0.05) is 11.7 Å². The van der Waals surface area contributed by atoms with Crippen molar-refractivity contribution in [3.63, 3.8) is 0 Å². The van der Waals surface area contributed by atoms with Gasteiger partial charge in [-0.15, -0.1) is 0 Å². The van der Waals surface area contributed by atoms with Crippen molar-refractivity contribution in [3.8, 4) is 0 Å². The van der Waals surface area contributed by atoms with Crippen LogP contribution in [0.2, 0.25) is 0 Å². The lowest BCUT2D eigenvalue weighted by Gasteiger charge is -2.10. The monoisotopic (exact) mass is 223 g/mol. The SMILES string of the molecule is CC1(C)CC1Nc1ccc(F)cc1C(=O)O. The Balaban J connectivity index is 2.24. The summed E-state index contributed by atoms with van der Waals surface area (Å²) in [4.78, 5) is 10.9. The van der Waals surface area contributed by atoms with E-state index in [-0.39, 0.29) is 17.0 Å². The Kier molecular flexibility index (Phi) is 2.37. The minimum absolute atomic E-state index is 0.0114. The van der Waals surface area contributed by atoms with Gasteiger partial charge in [0.25, 0.3) is 0 Å². The number of halogens is 1. The predicted octanol–water partition coefficient (Wildman–Crippen LogP) is 2.73. The van der Waals surface area contributed by atoms with Crippen LogP contribution < -0.4 is 5.32 Å². The summed E-state index contributed by atoms with van der Waals surface area (Å²) in [5.41, 5.74) is 0.677. The van der Waals surface area contributed by atoms with Crippen molar-refractivity contribution < 1.29 is 14.3 Å². The van der Waals surface area contributed by atoms with Gasteiger partial charge in [0.2, 0.25) is 0 Å². The van der Waals surface area contributed by atoms with E-state index in [0.29, 0.717) is 5.69 Å². The lowest BCUT2D eigenvalue weighted by atomic mass is 10.1. The Morgan fingerprint density at radius 1 is 1.56 bits per heavy atom. The Morgan fingerprint density at radius 3 is 2.69 bits per heavy atom. The van der Waals surface area contributed by atoms with Gasteiger partial charge in [-0.1, -0.05) is 13.8 Å². The van der Waals surface area contributed by atoms with E-state index in [1.165, 1.54) is 12.1 Å². The number of hydrogen-bond acceptors (Lipinski definition) is 2. The lowest BCUT2D eigenvalue weighted by Crippen LogP contribution is -2.12. The van der Waals surface area contributed by atoms with Gasteiger partial charge in [0.15, 0.2) is 0 Å². The molecular formula is C12H14FNO2. The Hall–Kier alpha value is -1.58. The molecule has 1 unspecified atom stereocenters. The normalized spacial score (nSPS) is 21.6. The van der Waals surface area contributed by atoms with Crippen LogP contribution in [0.4, 0.5) is 10.1 Å². The van der Waals surface area contributed by atoms with Crippen LogP contribution in [-0.4, -0.2) is 17.1 Å². The fraction of sp³-hybridized carbons (Fsp3) is 0.417. The van der Waals surface area contributed by atoms with Crippen LogP contribution in [0.25, 0.3) is 0 Å². The maximum atomic E-state index is 12.9. The number of anilines is 1. The largest absolute Gasteiger partial charge is 0.478 e. The highest BCUT2D eigenvalue weighted by atomic mass is 19.1. The summed E-state index contributed by atoms with van der Waals surface area (Å²) in [5.74, 6) is -1.64. The van der Waals surface area contributed by atoms with E-state index in [1.807, 2.05) is 0 Å².